The van der Waals surface area contributed by atoms with Crippen molar-refractivity contribution in [3.63, 3.8) is 0 Å². The van der Waals surface area contributed by atoms with E-state index in [0.29, 0.717) is 0 Å². The third kappa shape index (κ3) is 3.00. The van der Waals surface area contributed by atoms with Crippen molar-refractivity contribution in [3.05, 3.63) is 47.5 Å². The van der Waals surface area contributed by atoms with E-state index in [1.54, 1.807) is 11.8 Å². The van der Waals surface area contributed by atoms with E-state index in [1.165, 1.54) is 12.4 Å². The van der Waals surface area contributed by atoms with Crippen molar-refractivity contribution >= 4 is 35.0 Å². The lowest BCUT2D eigenvalue weighted by atomic mass is 10.3. The Balaban J connectivity index is 2.18. The Morgan fingerprint density at radius 3 is 2.72 bits per heavy atom. The number of carbonyl (C=O) groups excluding carboxylic acids is 1. The lowest BCUT2D eigenvalue weighted by Crippen LogP contribution is -2.14. The normalized spacial score (nSPS) is 10.1. The molecule has 0 aliphatic heterocycles. The average Bonchev–Trinajstić information content (AvgIpc) is 2.40. The Morgan fingerprint density at radius 1 is 1.28 bits per heavy atom. The summed E-state index contributed by atoms with van der Waals surface area (Å²) in [6.07, 6.45) is 4.64. The second kappa shape index (κ2) is 5.84. The van der Waals surface area contributed by atoms with Gasteiger partial charge < -0.3 is 5.32 Å². The highest BCUT2D eigenvalue weighted by Gasteiger charge is 2.10. The Hall–Kier alpha value is -1.59. The Labute approximate surface area is 114 Å². The topological polar surface area (TPSA) is 54.9 Å². The standard InChI is InChI=1S/C12H10ClN3OS/c1-18-10-5-3-2-4-8(10)16-12(17)9-6-15-11(13)7-14-9/h2-7H,1H3,(H,16,17). The first-order valence-electron chi connectivity index (χ1n) is 5.12. The van der Waals surface area contributed by atoms with Crippen LogP contribution in [0.5, 0.6) is 0 Å². The number of rotatable bonds is 3. The maximum atomic E-state index is 11.9. The van der Waals surface area contributed by atoms with Gasteiger partial charge in [-0.25, -0.2) is 9.97 Å². The number of halogens is 1. The summed E-state index contributed by atoms with van der Waals surface area (Å²) in [4.78, 5) is 20.7. The van der Waals surface area contributed by atoms with Crippen molar-refractivity contribution in [2.45, 2.75) is 4.90 Å². The minimum absolute atomic E-state index is 0.232. The molecule has 0 fully saturated rings. The number of hydrogen-bond acceptors (Lipinski definition) is 4. The van der Waals surface area contributed by atoms with Crippen LogP contribution in [0.3, 0.4) is 0 Å². The van der Waals surface area contributed by atoms with Crippen LogP contribution in [0.25, 0.3) is 0 Å². The van der Waals surface area contributed by atoms with Crippen LogP contribution in [-0.4, -0.2) is 22.1 Å². The smallest absolute Gasteiger partial charge is 0.275 e. The molecule has 1 N–H and O–H groups in total. The predicted molar refractivity (Wildman–Crippen MR) is 73.2 cm³/mol. The number of thioether (sulfide) groups is 1. The maximum Gasteiger partial charge on any atom is 0.275 e. The first-order valence-corrected chi connectivity index (χ1v) is 6.73. The van der Waals surface area contributed by atoms with Crippen molar-refractivity contribution in [1.82, 2.24) is 9.97 Å². The molecule has 1 aromatic heterocycles. The Kier molecular flexibility index (Phi) is 4.17. The molecule has 0 unspecified atom stereocenters. The maximum absolute atomic E-state index is 11.9. The minimum Gasteiger partial charge on any atom is -0.320 e. The molecule has 1 amide bonds. The number of aromatic nitrogens is 2. The second-order valence-electron chi connectivity index (χ2n) is 3.38. The van der Waals surface area contributed by atoms with Gasteiger partial charge in [0, 0.05) is 4.90 Å². The fourth-order valence-electron chi connectivity index (χ4n) is 1.36. The van der Waals surface area contributed by atoms with Gasteiger partial charge in [-0.2, -0.15) is 0 Å². The summed E-state index contributed by atoms with van der Waals surface area (Å²) in [5.74, 6) is -0.305. The van der Waals surface area contributed by atoms with Crippen molar-refractivity contribution in [3.8, 4) is 0 Å². The van der Waals surface area contributed by atoms with Crippen LogP contribution >= 0.6 is 23.4 Å². The van der Waals surface area contributed by atoms with Gasteiger partial charge in [0.2, 0.25) is 0 Å². The molecule has 6 heteroatoms. The van der Waals surface area contributed by atoms with E-state index in [4.69, 9.17) is 11.6 Å². The minimum atomic E-state index is -0.305. The number of para-hydroxylation sites is 1. The third-order valence-electron chi connectivity index (χ3n) is 2.21. The van der Waals surface area contributed by atoms with Gasteiger partial charge >= 0.3 is 0 Å². The SMILES string of the molecule is CSc1ccccc1NC(=O)c1cnc(Cl)cn1. The molecule has 0 bridgehead atoms. The van der Waals surface area contributed by atoms with Gasteiger partial charge in [-0.3, -0.25) is 4.79 Å². The zero-order valence-electron chi connectivity index (χ0n) is 9.55. The van der Waals surface area contributed by atoms with Crippen molar-refractivity contribution < 1.29 is 4.79 Å². The molecule has 1 aromatic carbocycles. The molecule has 2 rings (SSSR count). The van der Waals surface area contributed by atoms with Gasteiger partial charge in [-0.05, 0) is 18.4 Å². The molecular weight excluding hydrogens is 270 g/mol. The van der Waals surface area contributed by atoms with Crippen LogP contribution < -0.4 is 5.32 Å². The van der Waals surface area contributed by atoms with Crippen molar-refractivity contribution in [2.24, 2.45) is 0 Å². The van der Waals surface area contributed by atoms with E-state index in [0.717, 1.165) is 10.6 Å². The number of amides is 1. The molecule has 0 spiro atoms. The predicted octanol–water partition coefficient (Wildman–Crippen LogP) is 3.10. The molecule has 1 heterocycles. The van der Waals surface area contributed by atoms with Crippen LogP contribution in [0, 0.1) is 0 Å². The fraction of sp³-hybridized carbons (Fsp3) is 0.0833. The number of benzene rings is 1. The summed E-state index contributed by atoms with van der Waals surface area (Å²) in [7, 11) is 0. The fourth-order valence-corrected chi connectivity index (χ4v) is 2.02. The zero-order chi connectivity index (χ0) is 13.0. The first kappa shape index (κ1) is 12.9. The van der Waals surface area contributed by atoms with E-state index < -0.39 is 0 Å². The van der Waals surface area contributed by atoms with Crippen LogP contribution in [-0.2, 0) is 0 Å². The van der Waals surface area contributed by atoms with Gasteiger partial charge in [0.05, 0.1) is 18.1 Å². The Morgan fingerprint density at radius 2 is 2.06 bits per heavy atom. The van der Waals surface area contributed by atoms with Crippen LogP contribution in [0.2, 0.25) is 5.15 Å². The summed E-state index contributed by atoms with van der Waals surface area (Å²) in [6.45, 7) is 0. The molecule has 0 atom stereocenters. The highest BCUT2D eigenvalue weighted by atomic mass is 35.5. The largest absolute Gasteiger partial charge is 0.320 e. The lowest BCUT2D eigenvalue weighted by molar-refractivity contribution is 0.102. The number of anilines is 1. The molecule has 0 saturated carbocycles. The monoisotopic (exact) mass is 279 g/mol. The molecule has 18 heavy (non-hydrogen) atoms. The van der Waals surface area contributed by atoms with E-state index >= 15 is 0 Å². The number of nitrogens with zero attached hydrogens (tertiary/aromatic N) is 2. The number of hydrogen-bond donors (Lipinski definition) is 1. The molecular formula is C12H10ClN3OS. The van der Waals surface area contributed by atoms with E-state index in [1.807, 2.05) is 30.5 Å². The molecule has 4 nitrogen and oxygen atoms in total. The van der Waals surface area contributed by atoms with Crippen molar-refractivity contribution in [1.29, 1.82) is 0 Å². The van der Waals surface area contributed by atoms with Gasteiger partial charge in [0.25, 0.3) is 5.91 Å². The second-order valence-corrected chi connectivity index (χ2v) is 4.61. The number of nitrogens with one attached hydrogen (secondary N) is 1. The molecule has 0 aliphatic rings. The summed E-state index contributed by atoms with van der Waals surface area (Å²) in [5.41, 5.74) is 0.988. The van der Waals surface area contributed by atoms with E-state index in [-0.39, 0.29) is 16.8 Å². The molecule has 2 aromatic rings. The van der Waals surface area contributed by atoms with Crippen molar-refractivity contribution in [2.75, 3.05) is 11.6 Å². The van der Waals surface area contributed by atoms with E-state index in [9.17, 15) is 4.79 Å². The number of carbonyl (C=O) groups is 1. The lowest BCUT2D eigenvalue weighted by Gasteiger charge is -2.08. The quantitative estimate of drug-likeness (QED) is 0.877. The zero-order valence-corrected chi connectivity index (χ0v) is 11.1. The Bertz CT molecular complexity index is 560. The first-order chi connectivity index (χ1) is 8.70. The molecule has 0 saturated heterocycles. The molecule has 0 aliphatic carbocycles. The third-order valence-corrected chi connectivity index (χ3v) is 3.20. The molecule has 92 valence electrons. The van der Waals surface area contributed by atoms with E-state index in [2.05, 4.69) is 15.3 Å². The van der Waals surface area contributed by atoms with Gasteiger partial charge in [0.15, 0.2) is 0 Å². The van der Waals surface area contributed by atoms with Crippen LogP contribution in [0.4, 0.5) is 5.69 Å². The van der Waals surface area contributed by atoms with Crippen LogP contribution in [0.1, 0.15) is 10.5 Å². The van der Waals surface area contributed by atoms with Gasteiger partial charge in [0.1, 0.15) is 10.8 Å². The van der Waals surface area contributed by atoms with Gasteiger partial charge in [-0.15, -0.1) is 11.8 Å². The summed E-state index contributed by atoms with van der Waals surface area (Å²) >= 11 is 7.18. The average molecular weight is 280 g/mol. The van der Waals surface area contributed by atoms with Crippen LogP contribution in [0.15, 0.2) is 41.6 Å². The summed E-state index contributed by atoms with van der Waals surface area (Å²) in [5, 5.41) is 3.05. The van der Waals surface area contributed by atoms with Gasteiger partial charge in [-0.1, -0.05) is 23.7 Å². The summed E-state index contributed by atoms with van der Waals surface area (Å²) in [6, 6.07) is 7.56. The molecule has 0 radical (unpaired) electrons. The highest BCUT2D eigenvalue weighted by molar-refractivity contribution is 7.98. The highest BCUT2D eigenvalue weighted by Crippen LogP contribution is 2.24. The summed E-state index contributed by atoms with van der Waals surface area (Å²) < 4.78 is 0.